The van der Waals surface area contributed by atoms with Crippen LogP contribution >= 0.6 is 15.9 Å². The average molecular weight is 396 g/mol. The molecular weight excluding hydrogens is 374 g/mol. The first-order valence-electron chi connectivity index (χ1n) is 8.44. The number of carbonyl (C=O) groups excluding carboxylic acids is 1. The molecule has 2 heterocycles. The highest BCUT2D eigenvalue weighted by Gasteiger charge is 2.22. The normalized spacial score (nSPS) is 17.6. The first-order chi connectivity index (χ1) is 11.6. The van der Waals surface area contributed by atoms with Crippen molar-refractivity contribution in [3.63, 3.8) is 0 Å². The van der Waals surface area contributed by atoms with Gasteiger partial charge in [-0.2, -0.15) is 0 Å². The van der Waals surface area contributed by atoms with Crippen LogP contribution in [-0.2, 0) is 20.9 Å². The summed E-state index contributed by atoms with van der Waals surface area (Å²) < 4.78 is 12.1. The lowest BCUT2D eigenvalue weighted by Crippen LogP contribution is -2.28. The van der Waals surface area contributed by atoms with E-state index in [0.717, 1.165) is 22.8 Å². The van der Waals surface area contributed by atoms with Crippen LogP contribution in [0.3, 0.4) is 0 Å². The minimum atomic E-state index is -0.551. The predicted molar refractivity (Wildman–Crippen MR) is 93.4 cm³/mol. The fourth-order valence-electron chi connectivity index (χ4n) is 2.97. The molecule has 1 fully saturated rings. The van der Waals surface area contributed by atoms with Crippen LogP contribution in [-0.4, -0.2) is 33.1 Å². The Kier molecular flexibility index (Phi) is 5.84. The highest BCUT2D eigenvalue weighted by Crippen LogP contribution is 2.21. The van der Waals surface area contributed by atoms with Crippen LogP contribution in [0.15, 0.2) is 16.7 Å². The summed E-state index contributed by atoms with van der Waals surface area (Å²) in [7, 11) is 0. The van der Waals surface area contributed by atoms with E-state index in [9.17, 15) is 4.79 Å². The molecule has 0 radical (unpaired) electrons. The SMILES string of the molecule is CC(OC1CCCCCC1)C(=O)OCc1nc2ncc(Br)cc2[nH]1. The van der Waals surface area contributed by atoms with Gasteiger partial charge >= 0.3 is 5.97 Å². The Balaban J connectivity index is 1.51. The zero-order chi connectivity index (χ0) is 16.9. The number of nitrogens with zero attached hydrogens (tertiary/aromatic N) is 2. The van der Waals surface area contributed by atoms with Crippen LogP contribution in [0, 0.1) is 0 Å². The molecule has 2 aromatic rings. The van der Waals surface area contributed by atoms with Crippen LogP contribution in [0.25, 0.3) is 11.2 Å². The van der Waals surface area contributed by atoms with Crippen molar-refractivity contribution >= 4 is 33.1 Å². The highest BCUT2D eigenvalue weighted by atomic mass is 79.9. The molecule has 1 N–H and O–H groups in total. The number of H-pyrrole nitrogens is 1. The lowest BCUT2D eigenvalue weighted by Gasteiger charge is -2.19. The van der Waals surface area contributed by atoms with E-state index in [1.807, 2.05) is 6.07 Å². The van der Waals surface area contributed by atoms with Gasteiger partial charge in [0, 0.05) is 10.7 Å². The van der Waals surface area contributed by atoms with E-state index >= 15 is 0 Å². The summed E-state index contributed by atoms with van der Waals surface area (Å²) in [5, 5.41) is 0. The third-order valence-corrected chi connectivity index (χ3v) is 4.67. The Morgan fingerprint density at radius 2 is 2.12 bits per heavy atom. The lowest BCUT2D eigenvalue weighted by atomic mass is 10.1. The Bertz CT molecular complexity index is 695. The Hall–Kier alpha value is -1.47. The van der Waals surface area contributed by atoms with Gasteiger partial charge < -0.3 is 14.5 Å². The van der Waals surface area contributed by atoms with Gasteiger partial charge in [-0.3, -0.25) is 0 Å². The number of esters is 1. The quantitative estimate of drug-likeness (QED) is 0.613. The highest BCUT2D eigenvalue weighted by molar-refractivity contribution is 9.10. The van der Waals surface area contributed by atoms with Crippen molar-refractivity contribution < 1.29 is 14.3 Å². The number of carbonyl (C=O) groups is 1. The number of imidazole rings is 1. The molecule has 0 saturated heterocycles. The van der Waals surface area contributed by atoms with E-state index in [2.05, 4.69) is 30.9 Å². The first kappa shape index (κ1) is 17.4. The average Bonchev–Trinajstić information content (AvgIpc) is 2.78. The Labute approximate surface area is 149 Å². The molecule has 1 aliphatic rings. The summed E-state index contributed by atoms with van der Waals surface area (Å²) in [4.78, 5) is 23.7. The number of pyridine rings is 1. The number of hydrogen-bond donors (Lipinski definition) is 1. The molecule has 1 aliphatic carbocycles. The van der Waals surface area contributed by atoms with Gasteiger partial charge in [0.1, 0.15) is 12.4 Å². The summed E-state index contributed by atoms with van der Waals surface area (Å²) in [5.41, 5.74) is 1.41. The minimum absolute atomic E-state index is 0.0885. The van der Waals surface area contributed by atoms with Gasteiger partial charge in [0.2, 0.25) is 0 Å². The van der Waals surface area contributed by atoms with Crippen LogP contribution in [0.1, 0.15) is 51.3 Å². The van der Waals surface area contributed by atoms with Crippen LogP contribution in [0.2, 0.25) is 0 Å². The maximum Gasteiger partial charge on any atom is 0.335 e. The second kappa shape index (κ2) is 8.07. The van der Waals surface area contributed by atoms with E-state index in [4.69, 9.17) is 9.47 Å². The fourth-order valence-corrected chi connectivity index (χ4v) is 3.30. The van der Waals surface area contributed by atoms with Crippen molar-refractivity contribution in [2.45, 2.75) is 64.3 Å². The van der Waals surface area contributed by atoms with Crippen molar-refractivity contribution in [1.29, 1.82) is 0 Å². The zero-order valence-electron chi connectivity index (χ0n) is 13.8. The van der Waals surface area contributed by atoms with Crippen molar-refractivity contribution in [2.24, 2.45) is 0 Å². The Morgan fingerprint density at radius 3 is 2.88 bits per heavy atom. The van der Waals surface area contributed by atoms with E-state index in [1.165, 1.54) is 25.7 Å². The van der Waals surface area contributed by atoms with E-state index in [-0.39, 0.29) is 18.7 Å². The van der Waals surface area contributed by atoms with Crippen molar-refractivity contribution in [2.75, 3.05) is 0 Å². The molecule has 0 aliphatic heterocycles. The van der Waals surface area contributed by atoms with Gasteiger partial charge in [0.25, 0.3) is 0 Å². The van der Waals surface area contributed by atoms with Gasteiger partial charge in [-0.1, -0.05) is 25.7 Å². The molecule has 1 saturated carbocycles. The van der Waals surface area contributed by atoms with Crippen LogP contribution < -0.4 is 0 Å². The smallest absolute Gasteiger partial charge is 0.335 e. The molecule has 130 valence electrons. The number of aromatic amines is 1. The number of aromatic nitrogens is 3. The summed E-state index contributed by atoms with van der Waals surface area (Å²) in [6, 6.07) is 1.89. The second-order valence-corrected chi connectivity index (χ2v) is 7.12. The molecular formula is C17H22BrN3O3. The van der Waals surface area contributed by atoms with E-state index in [0.29, 0.717) is 11.5 Å². The number of hydrogen-bond acceptors (Lipinski definition) is 5. The van der Waals surface area contributed by atoms with Crippen molar-refractivity contribution in [3.05, 3.63) is 22.6 Å². The third-order valence-electron chi connectivity index (χ3n) is 4.23. The predicted octanol–water partition coefficient (Wildman–Crippen LogP) is 3.89. The lowest BCUT2D eigenvalue weighted by molar-refractivity contribution is -0.161. The number of fused-ring (bicyclic) bond motifs is 1. The summed E-state index contributed by atoms with van der Waals surface area (Å²) in [5.74, 6) is 0.222. The van der Waals surface area contributed by atoms with Gasteiger partial charge in [0.15, 0.2) is 11.8 Å². The number of ether oxygens (including phenoxy) is 2. The Morgan fingerprint density at radius 1 is 1.38 bits per heavy atom. The van der Waals surface area contributed by atoms with E-state index in [1.54, 1.807) is 13.1 Å². The molecule has 1 unspecified atom stereocenters. The van der Waals surface area contributed by atoms with Crippen molar-refractivity contribution in [3.8, 4) is 0 Å². The molecule has 0 aromatic carbocycles. The topological polar surface area (TPSA) is 77.1 Å². The van der Waals surface area contributed by atoms with Gasteiger partial charge in [-0.15, -0.1) is 0 Å². The molecule has 0 amide bonds. The maximum absolute atomic E-state index is 12.1. The summed E-state index contributed by atoms with van der Waals surface area (Å²) in [6.45, 7) is 1.84. The summed E-state index contributed by atoms with van der Waals surface area (Å²) in [6.07, 6.45) is 8.23. The largest absolute Gasteiger partial charge is 0.456 e. The van der Waals surface area contributed by atoms with Crippen LogP contribution in [0.4, 0.5) is 0 Å². The molecule has 0 bridgehead atoms. The van der Waals surface area contributed by atoms with Gasteiger partial charge in [-0.05, 0) is 41.8 Å². The first-order valence-corrected chi connectivity index (χ1v) is 9.23. The molecule has 0 spiro atoms. The molecule has 2 aromatic heterocycles. The molecule has 6 nitrogen and oxygen atoms in total. The zero-order valence-corrected chi connectivity index (χ0v) is 15.3. The molecule has 24 heavy (non-hydrogen) atoms. The number of halogens is 1. The molecule has 1 atom stereocenters. The minimum Gasteiger partial charge on any atom is -0.456 e. The van der Waals surface area contributed by atoms with Crippen molar-refractivity contribution in [1.82, 2.24) is 15.0 Å². The van der Waals surface area contributed by atoms with Gasteiger partial charge in [-0.25, -0.2) is 14.8 Å². The second-order valence-electron chi connectivity index (χ2n) is 6.21. The van der Waals surface area contributed by atoms with E-state index < -0.39 is 6.10 Å². The molecule has 7 heteroatoms. The third kappa shape index (κ3) is 4.54. The summed E-state index contributed by atoms with van der Waals surface area (Å²) >= 11 is 3.36. The standard InChI is InChI=1S/C17H22BrN3O3/c1-11(24-13-6-4-2-3-5-7-13)17(22)23-10-15-20-14-8-12(18)9-19-16(14)21-15/h8-9,11,13H,2-7,10H2,1H3,(H,19,20,21). The number of rotatable bonds is 5. The van der Waals surface area contributed by atoms with Crippen LogP contribution in [0.5, 0.6) is 0 Å². The maximum atomic E-state index is 12.1. The number of nitrogens with one attached hydrogen (secondary N) is 1. The molecule has 3 rings (SSSR count). The fraction of sp³-hybridized carbons (Fsp3) is 0.588. The van der Waals surface area contributed by atoms with Gasteiger partial charge in [0.05, 0.1) is 11.6 Å². The monoisotopic (exact) mass is 395 g/mol.